The summed E-state index contributed by atoms with van der Waals surface area (Å²) in [5.74, 6) is 24.2. The quantitative estimate of drug-likeness (QED) is 0.0280. The Labute approximate surface area is 547 Å². The van der Waals surface area contributed by atoms with E-state index in [-0.39, 0.29) is 5.97 Å². The zero-order valence-corrected chi connectivity index (χ0v) is 55.1. The summed E-state index contributed by atoms with van der Waals surface area (Å²) in [6.07, 6.45) is 62.9. The van der Waals surface area contributed by atoms with Crippen molar-refractivity contribution in [3.8, 4) is 28.4 Å². The number of carbonyl (C=O) groups is 1. The zero-order valence-electron chi connectivity index (χ0n) is 55.1. The van der Waals surface area contributed by atoms with Gasteiger partial charge in [-0.1, -0.05) is 177 Å². The maximum atomic E-state index is 11.0. The predicted molar refractivity (Wildman–Crippen MR) is 372 cm³/mol. The van der Waals surface area contributed by atoms with E-state index in [1.165, 1.54) is 150 Å². The van der Waals surface area contributed by atoms with Gasteiger partial charge in [0, 0.05) is 6.92 Å². The first-order chi connectivity index (χ1) is 44.6. The highest BCUT2D eigenvalue weighted by Crippen LogP contribution is 2.70. The molecule has 19 rings (SSSR count). The van der Waals surface area contributed by atoms with Crippen LogP contribution in [-0.4, -0.2) is 13.1 Å². The Morgan fingerprint density at radius 3 is 1.55 bits per heavy atom. The number of aryl methyl sites for hydroxylation is 1. The maximum absolute atomic E-state index is 11.0. The van der Waals surface area contributed by atoms with E-state index in [0.29, 0.717) is 17.4 Å². The molecule has 0 saturated heterocycles. The summed E-state index contributed by atoms with van der Waals surface area (Å²) in [4.78, 5) is 11.0. The molecule has 91 heavy (non-hydrogen) atoms. The highest BCUT2D eigenvalue weighted by molar-refractivity contribution is 5.70. The summed E-state index contributed by atoms with van der Waals surface area (Å²) in [5, 5.41) is 0. The SMILES string of the molecule is C1=CC2C(C1)C1CC2C2C3C=CC(C3)C12.C1=CC2CC1CC2CCCCC1CC2C=CC1C2.C1=CC2CC1CC2CCc1ccc(-c2ccccc2)cc1.C=C(C)Oc1cccc(C2CC3C=CC2C3)c1.COc1cc(CC2CC3C=CC2C3)ccc1OC(C)=O. The molecule has 0 amide bonds. The highest BCUT2D eigenvalue weighted by atomic mass is 16.6. The van der Waals surface area contributed by atoms with E-state index in [2.05, 4.69) is 164 Å². The number of hydrogen-bond acceptors (Lipinski definition) is 4. The number of fused-ring (bicyclic) bond motifs is 22. The monoisotopic (exact) mass is 1210 g/mol. The number of hydrogen-bond donors (Lipinski definition) is 0. The molecular weight excluding hydrogens is 1110 g/mol. The fraction of sp³-hybridized carbons (Fsp3) is 0.529. The number of methoxy groups -OCH3 is 1. The number of carbonyl (C=O) groups excluding carboxylic acids is 1. The molecule has 0 N–H and O–H groups in total. The minimum atomic E-state index is -0.325. The number of rotatable bonds is 16. The molecule has 0 spiro atoms. The molecule has 23 atom stereocenters. The first-order valence-electron chi connectivity index (χ1n) is 36.8. The lowest BCUT2D eigenvalue weighted by Crippen LogP contribution is -2.34. The third-order valence-corrected chi connectivity index (χ3v) is 26.2. The van der Waals surface area contributed by atoms with Gasteiger partial charge in [-0.05, 0) is 311 Å². The van der Waals surface area contributed by atoms with E-state index < -0.39 is 0 Å². The molecule has 4 aromatic rings. The molecular formula is C87H104O4. The Kier molecular flexibility index (Phi) is 18.2. The van der Waals surface area contributed by atoms with Crippen LogP contribution in [0, 0.1) is 130 Å². The largest absolute Gasteiger partial charge is 0.493 e. The normalized spacial score (nSPS) is 37.9. The summed E-state index contributed by atoms with van der Waals surface area (Å²) >= 11 is 0. The molecule has 14 bridgehead atoms. The highest BCUT2D eigenvalue weighted by Gasteiger charge is 2.64. The van der Waals surface area contributed by atoms with Crippen LogP contribution in [0.15, 0.2) is 194 Å². The second kappa shape index (κ2) is 27.1. The van der Waals surface area contributed by atoms with E-state index in [0.717, 1.165) is 148 Å². The molecule has 4 nitrogen and oxygen atoms in total. The van der Waals surface area contributed by atoms with E-state index in [4.69, 9.17) is 14.2 Å². The van der Waals surface area contributed by atoms with Crippen LogP contribution >= 0.6 is 0 Å². The third kappa shape index (κ3) is 13.4. The van der Waals surface area contributed by atoms with Crippen molar-refractivity contribution in [2.75, 3.05) is 7.11 Å². The summed E-state index contributed by atoms with van der Waals surface area (Å²) in [6.45, 7) is 7.06. The van der Waals surface area contributed by atoms with Gasteiger partial charge in [0.05, 0.1) is 12.9 Å². The topological polar surface area (TPSA) is 44.8 Å². The van der Waals surface area contributed by atoms with Crippen molar-refractivity contribution >= 4 is 5.97 Å². The molecule has 0 aliphatic heterocycles. The van der Waals surface area contributed by atoms with Gasteiger partial charge in [0.1, 0.15) is 5.75 Å². The van der Waals surface area contributed by atoms with Crippen molar-refractivity contribution in [1.29, 1.82) is 0 Å². The third-order valence-electron chi connectivity index (χ3n) is 26.2. The van der Waals surface area contributed by atoms with E-state index >= 15 is 0 Å². The fourth-order valence-corrected chi connectivity index (χ4v) is 22.2. The van der Waals surface area contributed by atoms with E-state index in [1.54, 1.807) is 13.5 Å². The Bertz CT molecular complexity index is 3390. The van der Waals surface area contributed by atoms with Crippen LogP contribution in [-0.2, 0) is 17.6 Å². The van der Waals surface area contributed by atoms with E-state index in [9.17, 15) is 4.79 Å². The second-order valence-electron chi connectivity index (χ2n) is 31.7. The van der Waals surface area contributed by atoms with Crippen molar-refractivity contribution in [1.82, 2.24) is 0 Å². The van der Waals surface area contributed by atoms with Gasteiger partial charge in [-0.25, -0.2) is 0 Å². The van der Waals surface area contributed by atoms with Crippen LogP contribution < -0.4 is 14.2 Å². The van der Waals surface area contributed by atoms with Gasteiger partial charge < -0.3 is 14.2 Å². The number of ether oxygens (including phenoxy) is 3. The lowest BCUT2D eigenvalue weighted by atomic mass is 9.66. The molecule has 0 radical (unpaired) electrons. The second-order valence-corrected chi connectivity index (χ2v) is 31.7. The van der Waals surface area contributed by atoms with E-state index in [1.807, 2.05) is 31.2 Å². The summed E-state index contributed by atoms with van der Waals surface area (Å²) in [6, 6.07) is 34.1. The van der Waals surface area contributed by atoms with Gasteiger partial charge in [-0.2, -0.15) is 0 Å². The maximum Gasteiger partial charge on any atom is 0.308 e. The molecule has 15 aliphatic carbocycles. The molecule has 23 unspecified atom stereocenters. The molecule has 4 aromatic carbocycles. The van der Waals surface area contributed by atoms with Gasteiger partial charge in [-0.3, -0.25) is 4.79 Å². The predicted octanol–water partition coefficient (Wildman–Crippen LogP) is 21.4. The van der Waals surface area contributed by atoms with Crippen LogP contribution in [0.5, 0.6) is 17.2 Å². The van der Waals surface area contributed by atoms with Crippen molar-refractivity contribution in [2.24, 2.45) is 130 Å². The molecule has 4 heteroatoms. The smallest absolute Gasteiger partial charge is 0.308 e. The van der Waals surface area contributed by atoms with Crippen molar-refractivity contribution in [2.45, 2.75) is 148 Å². The number of esters is 1. The zero-order chi connectivity index (χ0) is 61.5. The standard InChI is InChI=1S/C21H22.C18H26.C17H20O3.C16H18O.C15H18/c1-2-4-18(5-3-1)19-10-6-16(7-11-19)8-12-20-14-17-9-13-21(20)15-17;1(3-15-9-13-5-7-17(15)11-13)2-4-16-10-14-6-8-18(16)12-14;1-11(18)20-16-6-4-13(10-17(16)19-2)9-15-8-12-3-5-14(15)7-12;1-11(2)17-15-5-3-4-13(10-15)16-9-12-6-7-14(16)8-12;1-2-10-11(3-1)13-7-12(10)14-8-4-5-9(6-8)15(13)14/h1-7,9-11,13,17,20-21H,8,12,14-15H2;5-8,13-18H,1-4,9-12H2;3-6,10,12,14-15H,7-9H2,1-2H3;3-7,10,12,14,16H,1,8-9H2,2H3;1-2,4-5,8-15H,3,6-7H2. The lowest BCUT2D eigenvalue weighted by molar-refractivity contribution is -0.132. The molecule has 8 fully saturated rings. The van der Waals surface area contributed by atoms with Crippen LogP contribution in [0.2, 0.25) is 0 Å². The van der Waals surface area contributed by atoms with Gasteiger partial charge in [0.25, 0.3) is 0 Å². The summed E-state index contributed by atoms with van der Waals surface area (Å²) in [7, 11) is 1.60. The molecule has 0 aromatic heterocycles. The number of allylic oxidation sites excluding steroid dienone is 15. The van der Waals surface area contributed by atoms with Gasteiger partial charge >= 0.3 is 5.97 Å². The van der Waals surface area contributed by atoms with Gasteiger partial charge in [0.2, 0.25) is 0 Å². The summed E-state index contributed by atoms with van der Waals surface area (Å²) < 4.78 is 16.0. The average molecular weight is 1210 g/mol. The molecule has 8 saturated carbocycles. The molecule has 0 heterocycles. The van der Waals surface area contributed by atoms with Crippen molar-refractivity contribution in [3.05, 3.63) is 211 Å². The first kappa shape index (κ1) is 61.1. The number of benzene rings is 4. The van der Waals surface area contributed by atoms with Gasteiger partial charge in [0.15, 0.2) is 11.5 Å². The molecule has 476 valence electrons. The van der Waals surface area contributed by atoms with Gasteiger partial charge in [-0.15, -0.1) is 0 Å². The van der Waals surface area contributed by atoms with Crippen molar-refractivity contribution in [3.63, 3.8) is 0 Å². The van der Waals surface area contributed by atoms with Crippen molar-refractivity contribution < 1.29 is 19.0 Å². The minimum Gasteiger partial charge on any atom is -0.493 e. The Morgan fingerprint density at radius 1 is 0.451 bits per heavy atom. The minimum absolute atomic E-state index is 0.325. The Morgan fingerprint density at radius 2 is 1.00 bits per heavy atom. The Hall–Kier alpha value is -6.13. The summed E-state index contributed by atoms with van der Waals surface area (Å²) in [5.41, 5.74) is 6.79. The van der Waals surface area contributed by atoms with Crippen LogP contribution in [0.3, 0.4) is 0 Å². The van der Waals surface area contributed by atoms with Crippen LogP contribution in [0.1, 0.15) is 152 Å². The average Bonchev–Trinajstić information content (AvgIpc) is 1.54. The number of unbranched alkanes of at least 4 members (excludes halogenated alkanes) is 1. The van der Waals surface area contributed by atoms with Crippen LogP contribution in [0.25, 0.3) is 11.1 Å². The molecule has 15 aliphatic rings. The lowest BCUT2D eigenvalue weighted by Gasteiger charge is -2.38. The van der Waals surface area contributed by atoms with Crippen LogP contribution in [0.4, 0.5) is 0 Å². The Balaban J connectivity index is 0.0000000950. The first-order valence-corrected chi connectivity index (χ1v) is 36.8. The fourth-order valence-electron chi connectivity index (χ4n) is 22.2.